The Morgan fingerprint density at radius 2 is 0.677 bits per heavy atom. The van der Waals surface area contributed by atoms with Crippen LogP contribution in [0.15, 0.2) is 249 Å². The molecule has 0 aliphatic rings. The van der Waals surface area contributed by atoms with Gasteiger partial charge in [0.25, 0.3) is 0 Å². The van der Waals surface area contributed by atoms with Crippen molar-refractivity contribution < 1.29 is 0 Å². The van der Waals surface area contributed by atoms with Crippen LogP contribution in [0.1, 0.15) is 0 Å². The Morgan fingerprint density at radius 3 is 1.22 bits per heavy atom. The quantitative estimate of drug-likeness (QED) is 0.146. The summed E-state index contributed by atoms with van der Waals surface area (Å²) in [6.45, 7) is 0. The highest BCUT2D eigenvalue weighted by Gasteiger charge is 2.19. The van der Waals surface area contributed by atoms with E-state index in [-0.39, 0.29) is 0 Å². The Labute approximate surface area is 376 Å². The van der Waals surface area contributed by atoms with Gasteiger partial charge in [0.05, 0.1) is 27.8 Å². The van der Waals surface area contributed by atoms with Crippen LogP contribution >= 0.6 is 0 Å². The Kier molecular flexibility index (Phi) is 8.53. The number of aromatic nitrogens is 2. The number of rotatable bonds is 7. The molecule has 304 valence electrons. The second-order valence-corrected chi connectivity index (χ2v) is 16.9. The minimum absolute atomic E-state index is 1.10. The van der Waals surface area contributed by atoms with Gasteiger partial charge in [-0.25, -0.2) is 0 Å². The van der Waals surface area contributed by atoms with Crippen molar-refractivity contribution in [1.82, 2.24) is 9.13 Å². The van der Waals surface area contributed by atoms with Crippen LogP contribution in [0.5, 0.6) is 0 Å². The van der Waals surface area contributed by atoms with Crippen LogP contribution in [0.2, 0.25) is 0 Å². The van der Waals surface area contributed by atoms with Crippen LogP contribution < -0.4 is 4.90 Å². The lowest BCUT2D eigenvalue weighted by atomic mass is 9.98. The van der Waals surface area contributed by atoms with E-state index in [2.05, 4.69) is 263 Å². The van der Waals surface area contributed by atoms with Gasteiger partial charge in [0.1, 0.15) is 0 Å². The first kappa shape index (κ1) is 36.9. The molecule has 0 N–H and O–H groups in total. The molecular formula is C62H41N3. The van der Waals surface area contributed by atoms with Crippen LogP contribution in [-0.2, 0) is 0 Å². The van der Waals surface area contributed by atoms with E-state index in [0.717, 1.165) is 17.1 Å². The van der Waals surface area contributed by atoms with Crippen molar-refractivity contribution in [3.63, 3.8) is 0 Å². The lowest BCUT2D eigenvalue weighted by molar-refractivity contribution is 1.18. The molecule has 0 saturated carbocycles. The van der Waals surface area contributed by atoms with Gasteiger partial charge in [-0.05, 0) is 129 Å². The fourth-order valence-corrected chi connectivity index (χ4v) is 10.3. The maximum absolute atomic E-state index is 2.43. The van der Waals surface area contributed by atoms with E-state index in [1.54, 1.807) is 0 Å². The van der Waals surface area contributed by atoms with E-state index in [9.17, 15) is 0 Å². The standard InChI is InChI=1S/C62H41N3/c1-3-16-48(17-4-1)64-57-23-11-9-21-53(57)55-40-46(32-38-59(55)64)42-28-34-50(35-29-42)63(61-25-13-15-45-27-26-44-14-7-8-20-52(44)62(45)61)51-36-30-43(31-37-51)47-33-39-60-56(41-47)54-22-10-12-24-58(54)65(60)49-18-5-2-6-19-49/h1-41H. The summed E-state index contributed by atoms with van der Waals surface area (Å²) < 4.78 is 4.74. The maximum atomic E-state index is 2.43. The van der Waals surface area contributed by atoms with Crippen molar-refractivity contribution in [2.45, 2.75) is 0 Å². The van der Waals surface area contributed by atoms with E-state index in [1.165, 1.54) is 98.8 Å². The summed E-state index contributed by atoms with van der Waals surface area (Å²) in [5, 5.41) is 9.91. The Morgan fingerprint density at radius 1 is 0.262 bits per heavy atom. The van der Waals surface area contributed by atoms with Gasteiger partial charge in [0.2, 0.25) is 0 Å². The molecule has 13 rings (SSSR count). The summed E-state index contributed by atoms with van der Waals surface area (Å²) >= 11 is 0. The molecule has 13 aromatic rings. The largest absolute Gasteiger partial charge is 0.310 e. The molecular weight excluding hydrogens is 787 g/mol. The van der Waals surface area contributed by atoms with Gasteiger partial charge < -0.3 is 14.0 Å². The van der Waals surface area contributed by atoms with Gasteiger partial charge in [-0.3, -0.25) is 0 Å². The molecule has 11 aromatic carbocycles. The van der Waals surface area contributed by atoms with Gasteiger partial charge in [-0.15, -0.1) is 0 Å². The highest BCUT2D eigenvalue weighted by Crippen LogP contribution is 2.44. The van der Waals surface area contributed by atoms with Crippen molar-refractivity contribution in [1.29, 1.82) is 0 Å². The van der Waals surface area contributed by atoms with Crippen molar-refractivity contribution in [2.24, 2.45) is 0 Å². The molecule has 0 radical (unpaired) electrons. The number of anilines is 3. The zero-order valence-electron chi connectivity index (χ0n) is 35.5. The third-order valence-corrected chi connectivity index (χ3v) is 13.3. The van der Waals surface area contributed by atoms with Gasteiger partial charge in [-0.2, -0.15) is 0 Å². The minimum atomic E-state index is 1.10. The van der Waals surface area contributed by atoms with E-state index in [0.29, 0.717) is 0 Å². The average Bonchev–Trinajstić information content (AvgIpc) is 3.89. The topological polar surface area (TPSA) is 13.1 Å². The lowest BCUT2D eigenvalue weighted by Gasteiger charge is -2.28. The number of hydrogen-bond acceptors (Lipinski definition) is 1. The maximum Gasteiger partial charge on any atom is 0.0546 e. The first-order valence-corrected chi connectivity index (χ1v) is 22.3. The van der Waals surface area contributed by atoms with Crippen molar-refractivity contribution in [2.75, 3.05) is 4.90 Å². The third-order valence-electron chi connectivity index (χ3n) is 13.3. The summed E-state index contributed by atoms with van der Waals surface area (Å²) in [4.78, 5) is 2.43. The number of fused-ring (bicyclic) bond motifs is 9. The van der Waals surface area contributed by atoms with Crippen LogP contribution in [0, 0.1) is 0 Å². The normalized spacial score (nSPS) is 11.7. The average molecular weight is 828 g/mol. The van der Waals surface area contributed by atoms with E-state index in [4.69, 9.17) is 0 Å². The van der Waals surface area contributed by atoms with Gasteiger partial charge in [-0.1, -0.05) is 158 Å². The molecule has 0 amide bonds. The fourth-order valence-electron chi connectivity index (χ4n) is 10.3. The number of hydrogen-bond donors (Lipinski definition) is 0. The minimum Gasteiger partial charge on any atom is -0.310 e. The lowest BCUT2D eigenvalue weighted by Crippen LogP contribution is -2.10. The Bertz CT molecular complexity index is 3720. The smallest absolute Gasteiger partial charge is 0.0546 e. The molecule has 0 aliphatic heterocycles. The number of para-hydroxylation sites is 4. The fraction of sp³-hybridized carbons (Fsp3) is 0. The molecule has 2 aromatic heterocycles. The zero-order chi connectivity index (χ0) is 42.8. The van der Waals surface area contributed by atoms with E-state index < -0.39 is 0 Å². The second-order valence-electron chi connectivity index (χ2n) is 16.9. The summed E-state index contributed by atoms with van der Waals surface area (Å²) in [5.41, 5.74) is 15.2. The molecule has 0 bridgehead atoms. The van der Waals surface area contributed by atoms with Gasteiger partial charge in [0, 0.05) is 49.7 Å². The van der Waals surface area contributed by atoms with Crippen molar-refractivity contribution in [3.8, 4) is 33.6 Å². The molecule has 3 nitrogen and oxygen atoms in total. The van der Waals surface area contributed by atoms with E-state index in [1.807, 2.05) is 0 Å². The van der Waals surface area contributed by atoms with Gasteiger partial charge >= 0.3 is 0 Å². The third kappa shape index (κ3) is 6.05. The highest BCUT2D eigenvalue weighted by molar-refractivity contribution is 6.16. The zero-order valence-corrected chi connectivity index (χ0v) is 35.5. The first-order chi connectivity index (χ1) is 32.2. The van der Waals surface area contributed by atoms with Gasteiger partial charge in [0.15, 0.2) is 0 Å². The SMILES string of the molecule is c1ccc(-n2c3ccccc3c3cc(-c4ccc(N(c5ccc(-c6ccc7c(c6)c6ccccc6n7-c6ccccc6)cc5)c5cccc6ccc7ccccc7c56)cc4)ccc32)cc1. The Hall–Kier alpha value is -8.66. The molecule has 0 fully saturated rings. The van der Waals surface area contributed by atoms with Crippen LogP contribution in [0.25, 0.3) is 98.8 Å². The second kappa shape index (κ2) is 15.0. The first-order valence-electron chi connectivity index (χ1n) is 22.3. The van der Waals surface area contributed by atoms with Crippen molar-refractivity contribution >= 4 is 82.2 Å². The van der Waals surface area contributed by atoms with E-state index >= 15 is 0 Å². The molecule has 0 atom stereocenters. The molecule has 0 saturated heterocycles. The summed E-state index contributed by atoms with van der Waals surface area (Å²) in [6.07, 6.45) is 0. The summed E-state index contributed by atoms with van der Waals surface area (Å²) in [6, 6.07) is 90.7. The van der Waals surface area contributed by atoms with Crippen LogP contribution in [-0.4, -0.2) is 9.13 Å². The summed E-state index contributed by atoms with van der Waals surface area (Å²) in [5.74, 6) is 0. The van der Waals surface area contributed by atoms with Crippen LogP contribution in [0.4, 0.5) is 17.1 Å². The highest BCUT2D eigenvalue weighted by atomic mass is 15.1. The summed E-state index contributed by atoms with van der Waals surface area (Å²) in [7, 11) is 0. The predicted molar refractivity (Wildman–Crippen MR) is 276 cm³/mol. The molecule has 65 heavy (non-hydrogen) atoms. The van der Waals surface area contributed by atoms with Crippen LogP contribution in [0.3, 0.4) is 0 Å². The molecule has 0 spiro atoms. The predicted octanol–water partition coefficient (Wildman–Crippen LogP) is 17.0. The van der Waals surface area contributed by atoms with Crippen molar-refractivity contribution in [3.05, 3.63) is 249 Å². The number of nitrogens with zero attached hydrogens (tertiary/aromatic N) is 3. The number of benzene rings is 11. The molecule has 0 aliphatic carbocycles. The Balaban J connectivity index is 0.926. The molecule has 2 heterocycles. The monoisotopic (exact) mass is 827 g/mol. The molecule has 3 heteroatoms. The molecule has 0 unspecified atom stereocenters.